The molecule has 0 aromatic rings. The van der Waals surface area contributed by atoms with Crippen molar-refractivity contribution in [2.24, 2.45) is 17.8 Å². The van der Waals surface area contributed by atoms with Gasteiger partial charge in [0.05, 0.1) is 24.9 Å². The average Bonchev–Trinajstić information content (AvgIpc) is 3.17. The van der Waals surface area contributed by atoms with Crippen LogP contribution in [0.2, 0.25) is 0 Å². The Kier molecular flexibility index (Phi) is 18.2. The Hall–Kier alpha value is -2.52. The summed E-state index contributed by atoms with van der Waals surface area (Å²) in [6.07, 6.45) is -9.38. The molecule has 7 unspecified atom stereocenters. The number of ether oxygens (including phenoxy) is 5. The highest BCUT2D eigenvalue weighted by molar-refractivity contribution is 5.79. The summed E-state index contributed by atoms with van der Waals surface area (Å²) < 4.78 is 31.0. The molecule has 18 nitrogen and oxygen atoms in total. The van der Waals surface area contributed by atoms with Crippen LogP contribution < -0.4 is 16.0 Å². The first-order valence-electron chi connectivity index (χ1n) is 20.3. The van der Waals surface area contributed by atoms with E-state index in [9.17, 15) is 49.8 Å². The van der Waals surface area contributed by atoms with Gasteiger partial charge >= 0.3 is 5.97 Å². The molecule has 3 amide bonds. The van der Waals surface area contributed by atoms with Crippen LogP contribution in [0.3, 0.4) is 0 Å². The number of carboxylic acids is 1. The van der Waals surface area contributed by atoms with Gasteiger partial charge in [0.1, 0.15) is 42.7 Å². The fourth-order valence-electron chi connectivity index (χ4n) is 8.42. The smallest absolute Gasteiger partial charge is 0.332 e. The Labute approximate surface area is 328 Å². The van der Waals surface area contributed by atoms with Crippen LogP contribution in [0.4, 0.5) is 0 Å². The van der Waals surface area contributed by atoms with Gasteiger partial charge in [0.25, 0.3) is 0 Å². The minimum Gasteiger partial charge on any atom is -0.479 e. The van der Waals surface area contributed by atoms with Crippen LogP contribution in [0.1, 0.15) is 98.3 Å². The van der Waals surface area contributed by atoms with Gasteiger partial charge in [-0.1, -0.05) is 52.4 Å². The van der Waals surface area contributed by atoms with Gasteiger partial charge in [-0.3, -0.25) is 14.4 Å². The highest BCUT2D eigenvalue weighted by Gasteiger charge is 2.53. The number of rotatable bonds is 18. The van der Waals surface area contributed by atoms with Gasteiger partial charge in [0.2, 0.25) is 17.7 Å². The van der Waals surface area contributed by atoms with Crippen LogP contribution in [0, 0.1) is 17.8 Å². The van der Waals surface area contributed by atoms with Crippen molar-refractivity contribution in [2.75, 3.05) is 19.7 Å². The van der Waals surface area contributed by atoms with Crippen molar-refractivity contribution >= 4 is 23.7 Å². The molecule has 56 heavy (non-hydrogen) atoms. The number of hydrogen-bond donors (Lipinski definition) is 9. The summed E-state index contributed by atoms with van der Waals surface area (Å²) in [6, 6.07) is -1.30. The van der Waals surface area contributed by atoms with Gasteiger partial charge in [0.15, 0.2) is 18.7 Å². The van der Waals surface area contributed by atoms with Crippen LogP contribution >= 0.6 is 0 Å². The third-order valence-corrected chi connectivity index (χ3v) is 11.6. The summed E-state index contributed by atoms with van der Waals surface area (Å²) in [7, 11) is 0. The molecule has 0 aromatic heterocycles. The number of amides is 3. The molecule has 2 aliphatic heterocycles. The normalized spacial score (nSPS) is 37.3. The van der Waals surface area contributed by atoms with E-state index in [1.165, 1.54) is 13.8 Å². The zero-order valence-electron chi connectivity index (χ0n) is 33.0. The molecule has 4 rings (SSSR count). The molecule has 4 aliphatic rings. The van der Waals surface area contributed by atoms with Gasteiger partial charge in [0, 0.05) is 32.4 Å². The van der Waals surface area contributed by atoms with E-state index in [0.29, 0.717) is 25.7 Å². The monoisotopic (exact) mass is 803 g/mol. The van der Waals surface area contributed by atoms with Crippen molar-refractivity contribution < 1.29 is 73.5 Å². The lowest BCUT2D eigenvalue weighted by atomic mass is 9.75. The Morgan fingerprint density at radius 2 is 1.54 bits per heavy atom. The lowest BCUT2D eigenvalue weighted by molar-refractivity contribution is -0.338. The molecule has 2 heterocycles. The molecule has 2 aliphatic carbocycles. The number of carbonyl (C=O) groups is 4. The van der Waals surface area contributed by atoms with Crippen molar-refractivity contribution in [3.05, 3.63) is 0 Å². The van der Waals surface area contributed by atoms with E-state index in [1.807, 2.05) is 13.8 Å². The molecule has 0 spiro atoms. The molecule has 0 bridgehead atoms. The molecule has 322 valence electrons. The van der Waals surface area contributed by atoms with Gasteiger partial charge in [-0.25, -0.2) is 4.79 Å². The van der Waals surface area contributed by atoms with Crippen LogP contribution in [0.5, 0.6) is 0 Å². The molecule has 18 heteroatoms. The number of aliphatic hydroxyl groups excluding tert-OH is 5. The van der Waals surface area contributed by atoms with Gasteiger partial charge in [-0.2, -0.15) is 0 Å². The van der Waals surface area contributed by atoms with Gasteiger partial charge in [-0.05, 0) is 44.4 Å². The number of carbonyl (C=O) groups excluding carboxylic acids is 3. The van der Waals surface area contributed by atoms with Crippen LogP contribution in [0.25, 0.3) is 0 Å². The summed E-state index contributed by atoms with van der Waals surface area (Å²) in [5, 5.41) is 72.0. The highest BCUT2D eigenvalue weighted by atomic mass is 16.7. The van der Waals surface area contributed by atoms with Crippen molar-refractivity contribution in [3.8, 4) is 0 Å². The second kappa shape index (κ2) is 22.0. The van der Waals surface area contributed by atoms with E-state index in [1.54, 1.807) is 0 Å². The standard InChI is InChI=1S/C38H65N3O15/c1-5-10-27(44)39-13-14-40-35(49)23-16-22(6-2)33(56-38-32(48)31(47)29(45)19(3)52-38)24(17-23)54-37-28(41-20(4)43)34(30(46)26(18-42)55-37)53-25(36(50)51)15-21-11-8-7-9-12-21/h19,21-26,28-34,37-38,42,45-48H,5-18H2,1-4H3,(H,39,44)(H,40,49)(H,41,43)(H,50,51)/t19?,22-,23?,24-,25+,26?,28?,29-,30+,31+,32?,33?,34?,37-,38+/m1/s1. The van der Waals surface area contributed by atoms with Crippen LogP contribution in [-0.2, 0) is 42.9 Å². The first kappa shape index (κ1) is 46.2. The molecule has 2 saturated carbocycles. The highest BCUT2D eigenvalue weighted by Crippen LogP contribution is 2.40. The number of aliphatic hydroxyl groups is 5. The molecule has 15 atom stereocenters. The topological polar surface area (TPSA) is 272 Å². The molecule has 4 fully saturated rings. The Morgan fingerprint density at radius 3 is 2.16 bits per heavy atom. The molecule has 0 aromatic carbocycles. The fraction of sp³-hybridized carbons (Fsp3) is 0.895. The molecule has 2 saturated heterocycles. The number of carboxylic acid groups (broad SMARTS) is 1. The SMILES string of the molecule is CCCC(=O)NCCNC(=O)C1C[C@@H](CC)C(O[C@@H]2OC(C)[C@@H](O)[C@H](O)C2O)[C@H](O[C@@H]2OC(CO)[C@H](O)C(O[C@@H](CC3CCCCC3)C(=O)O)C2NC(C)=O)C1. The lowest BCUT2D eigenvalue weighted by Gasteiger charge is -2.49. The Balaban J connectivity index is 1.63. The maximum absolute atomic E-state index is 13.6. The molecular formula is C38H65N3O15. The molecule has 9 N–H and O–H groups in total. The summed E-state index contributed by atoms with van der Waals surface area (Å²) in [5.41, 5.74) is 0. The summed E-state index contributed by atoms with van der Waals surface area (Å²) >= 11 is 0. The van der Waals surface area contributed by atoms with Crippen LogP contribution in [-0.4, -0.2) is 154 Å². The second-order valence-electron chi connectivity index (χ2n) is 15.8. The van der Waals surface area contributed by atoms with E-state index in [-0.39, 0.29) is 43.7 Å². The first-order chi connectivity index (χ1) is 26.7. The second-order valence-corrected chi connectivity index (χ2v) is 15.8. The van der Waals surface area contributed by atoms with E-state index >= 15 is 0 Å². The third kappa shape index (κ3) is 12.3. The molecule has 0 radical (unpaired) electrons. The number of hydrogen-bond acceptors (Lipinski definition) is 14. The average molecular weight is 804 g/mol. The van der Waals surface area contributed by atoms with E-state index in [4.69, 9.17) is 23.7 Å². The zero-order chi connectivity index (χ0) is 41.1. The van der Waals surface area contributed by atoms with E-state index < -0.39 is 110 Å². The maximum Gasteiger partial charge on any atom is 0.332 e. The summed E-state index contributed by atoms with van der Waals surface area (Å²) in [6.45, 7) is 6.18. The fourth-order valence-corrected chi connectivity index (χ4v) is 8.42. The summed E-state index contributed by atoms with van der Waals surface area (Å²) in [4.78, 5) is 50.7. The third-order valence-electron chi connectivity index (χ3n) is 11.6. The lowest BCUT2D eigenvalue weighted by Crippen LogP contribution is -2.67. The Morgan fingerprint density at radius 1 is 0.839 bits per heavy atom. The van der Waals surface area contributed by atoms with E-state index in [2.05, 4.69) is 16.0 Å². The largest absolute Gasteiger partial charge is 0.479 e. The molecular weight excluding hydrogens is 738 g/mol. The van der Waals surface area contributed by atoms with E-state index in [0.717, 1.165) is 32.1 Å². The van der Waals surface area contributed by atoms with Crippen molar-refractivity contribution in [2.45, 2.75) is 178 Å². The van der Waals surface area contributed by atoms with Crippen molar-refractivity contribution in [1.29, 1.82) is 0 Å². The quantitative estimate of drug-likeness (QED) is 0.0787. The minimum absolute atomic E-state index is 0.0166. The minimum atomic E-state index is -1.65. The first-order valence-corrected chi connectivity index (χ1v) is 20.3. The number of aliphatic carboxylic acids is 1. The predicted molar refractivity (Wildman–Crippen MR) is 196 cm³/mol. The van der Waals surface area contributed by atoms with Crippen LogP contribution in [0.15, 0.2) is 0 Å². The predicted octanol–water partition coefficient (Wildman–Crippen LogP) is -0.555. The summed E-state index contributed by atoms with van der Waals surface area (Å²) in [5.74, 6) is -3.24. The van der Waals surface area contributed by atoms with Crippen molar-refractivity contribution in [1.82, 2.24) is 16.0 Å². The van der Waals surface area contributed by atoms with Gasteiger partial charge in [-0.15, -0.1) is 0 Å². The van der Waals surface area contributed by atoms with Crippen molar-refractivity contribution in [3.63, 3.8) is 0 Å². The maximum atomic E-state index is 13.6. The van der Waals surface area contributed by atoms with Gasteiger partial charge < -0.3 is 70.3 Å². The zero-order valence-corrected chi connectivity index (χ0v) is 33.0. The number of nitrogens with one attached hydrogen (secondary N) is 3. The Bertz CT molecular complexity index is 1270.